The summed E-state index contributed by atoms with van der Waals surface area (Å²) in [4.78, 5) is 4.30. The molecule has 0 saturated heterocycles. The van der Waals surface area contributed by atoms with Gasteiger partial charge in [-0.1, -0.05) is 42.5 Å². The van der Waals surface area contributed by atoms with Crippen LogP contribution in [-0.2, 0) is 4.74 Å². The van der Waals surface area contributed by atoms with Crippen molar-refractivity contribution >= 4 is 28.0 Å². The number of phenolic OH excluding ortho intramolecular Hbond substituents is 1. The highest BCUT2D eigenvalue weighted by atomic mass is 16.5. The third-order valence-electron chi connectivity index (χ3n) is 3.83. The summed E-state index contributed by atoms with van der Waals surface area (Å²) >= 11 is 0. The van der Waals surface area contributed by atoms with Gasteiger partial charge in [0.1, 0.15) is 12.3 Å². The zero-order valence-electron chi connectivity index (χ0n) is 12.9. The Balaban J connectivity index is 1.89. The minimum Gasteiger partial charge on any atom is -0.505 e. The van der Waals surface area contributed by atoms with E-state index in [4.69, 9.17) is 4.74 Å². The predicted molar refractivity (Wildman–Crippen MR) is 93.6 cm³/mol. The summed E-state index contributed by atoms with van der Waals surface area (Å²) in [5, 5.41) is 21.0. The highest BCUT2D eigenvalue weighted by Crippen LogP contribution is 2.40. The minimum absolute atomic E-state index is 0.0361. The molecule has 0 aromatic heterocycles. The molecule has 0 fully saturated rings. The number of azo groups is 1. The first-order valence-corrected chi connectivity index (χ1v) is 7.72. The normalized spacial score (nSPS) is 14.1. The van der Waals surface area contributed by atoms with Crippen LogP contribution in [0.25, 0.3) is 10.8 Å². The van der Waals surface area contributed by atoms with E-state index in [1.54, 1.807) is 0 Å². The number of hydrogen-bond donors (Lipinski definition) is 1. The van der Waals surface area contributed by atoms with E-state index in [0.29, 0.717) is 30.3 Å². The van der Waals surface area contributed by atoms with Gasteiger partial charge in [-0.15, -0.1) is 5.11 Å². The lowest BCUT2D eigenvalue weighted by atomic mass is 10.0. The molecule has 5 nitrogen and oxygen atoms in total. The summed E-state index contributed by atoms with van der Waals surface area (Å²) in [7, 11) is 0. The topological polar surface area (TPSA) is 66.5 Å². The molecule has 0 amide bonds. The Morgan fingerprint density at radius 1 is 0.958 bits per heavy atom. The van der Waals surface area contributed by atoms with Crippen molar-refractivity contribution in [2.24, 2.45) is 15.2 Å². The lowest BCUT2D eigenvalue weighted by Gasteiger charge is -2.10. The lowest BCUT2D eigenvalue weighted by Crippen LogP contribution is -2.01. The molecule has 0 atom stereocenters. The van der Waals surface area contributed by atoms with Crippen LogP contribution in [0.5, 0.6) is 5.75 Å². The standard InChI is InChI=1S/C19H15N3O2/c23-18-16(19-20-10-11-24-19)12-13-6-4-5-9-15(13)17(18)22-21-14-7-2-1-3-8-14/h1-9,12,23H,10-11H2. The number of aromatic hydroxyl groups is 1. The van der Waals surface area contributed by atoms with Crippen LogP contribution in [0.4, 0.5) is 11.4 Å². The van der Waals surface area contributed by atoms with Gasteiger partial charge in [-0.3, -0.25) is 0 Å². The van der Waals surface area contributed by atoms with Gasteiger partial charge in [-0.25, -0.2) is 4.99 Å². The molecule has 3 aromatic carbocycles. The van der Waals surface area contributed by atoms with E-state index in [0.717, 1.165) is 16.5 Å². The summed E-state index contributed by atoms with van der Waals surface area (Å²) in [6.45, 7) is 1.13. The Morgan fingerprint density at radius 2 is 1.75 bits per heavy atom. The van der Waals surface area contributed by atoms with Crippen LogP contribution in [0.15, 0.2) is 75.9 Å². The fourth-order valence-electron chi connectivity index (χ4n) is 2.68. The highest BCUT2D eigenvalue weighted by Gasteiger charge is 2.20. The predicted octanol–water partition coefficient (Wildman–Crippen LogP) is 4.74. The molecular formula is C19H15N3O2. The Hall–Kier alpha value is -3.21. The van der Waals surface area contributed by atoms with Crippen molar-refractivity contribution in [3.8, 4) is 5.75 Å². The molecule has 1 aliphatic heterocycles. The number of ether oxygens (including phenoxy) is 1. The Labute approximate surface area is 139 Å². The smallest absolute Gasteiger partial charge is 0.220 e. The number of phenols is 1. The number of nitrogens with zero attached hydrogens (tertiary/aromatic N) is 3. The number of hydrogen-bond acceptors (Lipinski definition) is 5. The molecule has 1 N–H and O–H groups in total. The Kier molecular flexibility index (Phi) is 3.67. The summed E-state index contributed by atoms with van der Waals surface area (Å²) in [6, 6.07) is 19.0. The van der Waals surface area contributed by atoms with Crippen molar-refractivity contribution in [3.05, 3.63) is 66.2 Å². The van der Waals surface area contributed by atoms with Crippen molar-refractivity contribution in [3.63, 3.8) is 0 Å². The van der Waals surface area contributed by atoms with E-state index in [2.05, 4.69) is 15.2 Å². The average Bonchev–Trinajstić information content (AvgIpc) is 3.16. The molecule has 0 saturated carbocycles. The van der Waals surface area contributed by atoms with Crippen molar-refractivity contribution < 1.29 is 9.84 Å². The van der Waals surface area contributed by atoms with Gasteiger partial charge in [0.05, 0.1) is 17.8 Å². The van der Waals surface area contributed by atoms with Gasteiger partial charge in [0.15, 0.2) is 5.75 Å². The largest absolute Gasteiger partial charge is 0.505 e. The van der Waals surface area contributed by atoms with Gasteiger partial charge in [-0.05, 0) is 23.6 Å². The van der Waals surface area contributed by atoms with Crippen LogP contribution in [0, 0.1) is 0 Å². The quantitative estimate of drug-likeness (QED) is 0.709. The molecule has 4 rings (SSSR count). The van der Waals surface area contributed by atoms with Gasteiger partial charge >= 0.3 is 0 Å². The second-order valence-electron chi connectivity index (χ2n) is 5.41. The van der Waals surface area contributed by atoms with Gasteiger partial charge in [0.2, 0.25) is 5.90 Å². The SMILES string of the molecule is Oc1c(C2=NCCO2)cc2ccccc2c1N=Nc1ccccc1. The molecule has 0 spiro atoms. The lowest BCUT2D eigenvalue weighted by molar-refractivity contribution is 0.346. The first-order valence-electron chi connectivity index (χ1n) is 7.72. The van der Waals surface area contributed by atoms with Crippen molar-refractivity contribution in [2.45, 2.75) is 0 Å². The van der Waals surface area contributed by atoms with Crippen molar-refractivity contribution in [1.82, 2.24) is 0 Å². The first kappa shape index (κ1) is 14.4. The van der Waals surface area contributed by atoms with E-state index in [1.807, 2.05) is 60.7 Å². The second-order valence-corrected chi connectivity index (χ2v) is 5.41. The molecule has 1 aliphatic rings. The molecule has 118 valence electrons. The van der Waals surface area contributed by atoms with E-state index in [-0.39, 0.29) is 5.75 Å². The van der Waals surface area contributed by atoms with Crippen molar-refractivity contribution in [1.29, 1.82) is 0 Å². The van der Waals surface area contributed by atoms with Crippen LogP contribution in [0.1, 0.15) is 5.56 Å². The maximum absolute atomic E-state index is 10.7. The zero-order chi connectivity index (χ0) is 16.4. The molecule has 1 heterocycles. The van der Waals surface area contributed by atoms with Crippen molar-refractivity contribution in [2.75, 3.05) is 13.2 Å². The fourth-order valence-corrected chi connectivity index (χ4v) is 2.68. The second kappa shape index (κ2) is 6.12. The molecule has 5 heteroatoms. The first-order chi connectivity index (χ1) is 11.8. The summed E-state index contributed by atoms with van der Waals surface area (Å²) in [6.07, 6.45) is 0. The molecule has 0 radical (unpaired) electrons. The van der Waals surface area contributed by atoms with Gasteiger partial charge in [0.25, 0.3) is 0 Å². The third kappa shape index (κ3) is 2.60. The molecular weight excluding hydrogens is 302 g/mol. The molecule has 0 unspecified atom stereocenters. The summed E-state index contributed by atoms with van der Waals surface area (Å²) in [5.41, 5.74) is 1.69. The fraction of sp³-hybridized carbons (Fsp3) is 0.105. The number of rotatable bonds is 3. The highest BCUT2D eigenvalue weighted by molar-refractivity contribution is 6.07. The maximum atomic E-state index is 10.7. The third-order valence-corrected chi connectivity index (χ3v) is 3.83. The van der Waals surface area contributed by atoms with E-state index >= 15 is 0 Å². The van der Waals surface area contributed by atoms with Gasteiger partial charge < -0.3 is 9.84 Å². The van der Waals surface area contributed by atoms with Crippen LogP contribution < -0.4 is 0 Å². The molecule has 0 bridgehead atoms. The number of fused-ring (bicyclic) bond motifs is 1. The van der Waals surface area contributed by atoms with E-state index < -0.39 is 0 Å². The van der Waals surface area contributed by atoms with Gasteiger partial charge in [0, 0.05) is 5.39 Å². The molecule has 3 aromatic rings. The van der Waals surface area contributed by atoms with Crippen LogP contribution in [0.2, 0.25) is 0 Å². The van der Waals surface area contributed by atoms with E-state index in [9.17, 15) is 5.11 Å². The zero-order valence-corrected chi connectivity index (χ0v) is 12.9. The van der Waals surface area contributed by atoms with Crippen LogP contribution >= 0.6 is 0 Å². The number of benzene rings is 3. The average molecular weight is 317 g/mol. The number of aliphatic imine (C=N–C) groups is 1. The minimum atomic E-state index is 0.0361. The van der Waals surface area contributed by atoms with Crippen LogP contribution in [-0.4, -0.2) is 24.2 Å². The van der Waals surface area contributed by atoms with E-state index in [1.165, 1.54) is 0 Å². The Morgan fingerprint density at radius 3 is 2.54 bits per heavy atom. The maximum Gasteiger partial charge on any atom is 0.220 e. The monoisotopic (exact) mass is 317 g/mol. The molecule has 24 heavy (non-hydrogen) atoms. The summed E-state index contributed by atoms with van der Waals surface area (Å²) < 4.78 is 5.50. The van der Waals surface area contributed by atoms with Gasteiger partial charge in [-0.2, -0.15) is 5.11 Å². The molecule has 0 aliphatic carbocycles. The summed E-state index contributed by atoms with van der Waals surface area (Å²) in [5.74, 6) is 0.489. The Bertz CT molecular complexity index is 949. The van der Waals surface area contributed by atoms with Crippen LogP contribution in [0.3, 0.4) is 0 Å².